The zero-order valence-corrected chi connectivity index (χ0v) is 51.2. The van der Waals surface area contributed by atoms with Crippen LogP contribution < -0.4 is 24.8 Å². The first-order valence-electron chi connectivity index (χ1n) is 30.6. The van der Waals surface area contributed by atoms with Gasteiger partial charge in [0.25, 0.3) is 0 Å². The maximum absolute atomic E-state index is 11.4. The second-order valence-electron chi connectivity index (χ2n) is 26.9. The molecule has 6 aromatic carbocycles. The third-order valence-corrected chi connectivity index (χ3v) is 23.9. The molecule has 10 fully saturated rings. The molecule has 0 radical (unpaired) electrons. The summed E-state index contributed by atoms with van der Waals surface area (Å²) in [4.78, 5) is 0. The zero-order valence-electron chi connectivity index (χ0n) is 46.2. The smallest absolute Gasteiger partial charge is 0.00391 e. The van der Waals surface area contributed by atoms with Crippen LogP contribution in [-0.4, -0.2) is 11.6 Å². The number of benzene rings is 4. The molecule has 0 aromatic heterocycles. The van der Waals surface area contributed by atoms with Crippen LogP contribution >= 0.6 is 0 Å². The van der Waals surface area contributed by atoms with E-state index in [2.05, 4.69) is 109 Å². The molecule has 0 nitrogen and oxygen atoms in total. The van der Waals surface area contributed by atoms with Crippen LogP contribution in [0.4, 0.5) is 13.2 Å². The molecule has 10 aliphatic carbocycles. The molecule has 0 atom stereocenters. The Morgan fingerprint density at radius 2 is 0.831 bits per heavy atom. The standard InChI is InChI=1S/2C33H39.C4H7F3Si.2ClH.Zr/c2*1-2-4-7-23(6-3-1)14-24-18-29-8-5-9-31(32(29)19-24)28-10-12-30(13-11-28)33-20-25-15-26(21-33)17-27(16-25)22-33;1-8-3-2-4(5,6)7;;;/h2*5,8-13,18-19,23,25-27H,1-4,6-7,14-17,20-22H2;2-3H2,1H3;2*1H;/q2*-1;;;;+2/p-2. The third kappa shape index (κ3) is 13.4. The summed E-state index contributed by atoms with van der Waals surface area (Å²) >= 11 is 1.29. The molecule has 16 rings (SSSR count). The largest absolute Gasteiger partial charge is 1.00 e. The molecular formula is C70H85Cl2F3SiZr-2. The first-order chi connectivity index (χ1) is 36.4. The van der Waals surface area contributed by atoms with Crippen molar-refractivity contribution in [3.63, 3.8) is 0 Å². The van der Waals surface area contributed by atoms with Gasteiger partial charge in [-0.1, -0.05) is 149 Å². The van der Waals surface area contributed by atoms with E-state index in [-0.39, 0.29) is 24.8 Å². The van der Waals surface area contributed by atoms with E-state index < -0.39 is 18.0 Å². The molecule has 77 heavy (non-hydrogen) atoms. The van der Waals surface area contributed by atoms with E-state index in [1.165, 1.54) is 234 Å². The third-order valence-electron chi connectivity index (χ3n) is 21.1. The normalized spacial score (nSPS) is 28.6. The molecule has 10 aliphatic rings. The fraction of sp³-hybridized carbons (Fsp3) is 0.571. The van der Waals surface area contributed by atoms with Gasteiger partial charge in [-0.15, -0.1) is 69.1 Å². The summed E-state index contributed by atoms with van der Waals surface area (Å²) in [6.07, 6.45) is 33.2. The van der Waals surface area contributed by atoms with Crippen molar-refractivity contribution >= 4 is 27.0 Å². The molecule has 7 heteroatoms. The van der Waals surface area contributed by atoms with Crippen LogP contribution in [0.15, 0.2) is 109 Å². The Morgan fingerprint density at radius 1 is 0.494 bits per heavy atom. The summed E-state index contributed by atoms with van der Waals surface area (Å²) in [6.45, 7) is 1.93. The Bertz CT molecular complexity index is 2640. The van der Waals surface area contributed by atoms with Crippen molar-refractivity contribution in [3.05, 3.63) is 131 Å². The van der Waals surface area contributed by atoms with Gasteiger partial charge >= 0.3 is 67.1 Å². The Morgan fingerprint density at radius 3 is 1.13 bits per heavy atom. The molecule has 0 N–H and O–H groups in total. The minimum atomic E-state index is -3.93. The van der Waals surface area contributed by atoms with Crippen molar-refractivity contribution in [3.8, 4) is 22.3 Å². The first-order valence-corrected chi connectivity index (χ1v) is 36.5. The van der Waals surface area contributed by atoms with Crippen LogP contribution in [0.2, 0.25) is 12.6 Å². The monoisotopic (exact) mass is 1170 g/mol. The molecule has 6 aromatic rings. The van der Waals surface area contributed by atoms with Crippen LogP contribution in [0.5, 0.6) is 0 Å². The van der Waals surface area contributed by atoms with E-state index in [9.17, 15) is 13.2 Å². The molecular weight excluding hydrogens is 1090 g/mol. The van der Waals surface area contributed by atoms with Gasteiger partial charge in [0, 0.05) is 0 Å². The van der Waals surface area contributed by atoms with Gasteiger partial charge in [-0.05, 0) is 170 Å². The SMILES string of the molecule is C[Si](=[Zr+2])CCC(F)(F)F.[Cl-].[Cl-].c1cc(-c2ccc(C34CC5CC(CC(C5)C3)C4)cc2)c2cc(CC3CCCCCC3)[cH-]c2c1.c1cc(-c2ccc(C34CC5CC(CC(C5)C3)C4)cc2)c2cc(CC3CCCCCC3)[cH-]c2c1. The molecule has 0 unspecified atom stereocenters. The van der Waals surface area contributed by atoms with Crippen LogP contribution in [-0.2, 0) is 47.0 Å². The topological polar surface area (TPSA) is 0 Å². The first kappa shape index (κ1) is 57.8. The second kappa shape index (κ2) is 25.0. The predicted octanol–water partition coefficient (Wildman–Crippen LogP) is 14.5. The summed E-state index contributed by atoms with van der Waals surface area (Å²) in [5, 5.41) is 5.79. The van der Waals surface area contributed by atoms with Crippen LogP contribution in [0.25, 0.3) is 43.8 Å². The number of hydrogen-bond acceptors (Lipinski definition) is 0. The minimum absolute atomic E-state index is 0. The minimum Gasteiger partial charge on any atom is -1.00 e. The van der Waals surface area contributed by atoms with E-state index in [1.807, 2.05) is 6.55 Å². The summed E-state index contributed by atoms with van der Waals surface area (Å²) in [6, 6.07) is 44.1. The Labute approximate surface area is 488 Å². The summed E-state index contributed by atoms with van der Waals surface area (Å²) < 4.78 is 34.3. The van der Waals surface area contributed by atoms with Gasteiger partial charge in [0.05, 0.1) is 0 Å². The van der Waals surface area contributed by atoms with Gasteiger partial charge in [-0.3, -0.25) is 0 Å². The fourth-order valence-corrected chi connectivity index (χ4v) is 20.0. The van der Waals surface area contributed by atoms with E-state index >= 15 is 0 Å². The molecule has 8 bridgehead atoms. The molecule has 410 valence electrons. The zero-order chi connectivity index (χ0) is 51.2. The molecule has 0 spiro atoms. The fourth-order valence-electron chi connectivity index (χ4n) is 18.4. The van der Waals surface area contributed by atoms with Crippen molar-refractivity contribution in [2.75, 3.05) is 0 Å². The number of rotatable bonds is 10. The number of halogens is 5. The van der Waals surface area contributed by atoms with Crippen molar-refractivity contribution in [2.45, 2.75) is 203 Å². The quantitative estimate of drug-likeness (QED) is 0.0729. The van der Waals surface area contributed by atoms with E-state index in [4.69, 9.17) is 0 Å². The predicted molar refractivity (Wildman–Crippen MR) is 307 cm³/mol. The van der Waals surface area contributed by atoms with E-state index in [0.29, 0.717) is 16.9 Å². The Balaban J connectivity index is 0.000000148. The van der Waals surface area contributed by atoms with Crippen LogP contribution in [0.3, 0.4) is 0 Å². The van der Waals surface area contributed by atoms with Crippen molar-refractivity contribution in [1.82, 2.24) is 0 Å². The number of hydrogen-bond donors (Lipinski definition) is 0. The van der Waals surface area contributed by atoms with Crippen LogP contribution in [0, 0.1) is 47.3 Å². The summed E-state index contributed by atoms with van der Waals surface area (Å²) in [7, 11) is 0. The van der Waals surface area contributed by atoms with Gasteiger partial charge in [0.15, 0.2) is 0 Å². The van der Waals surface area contributed by atoms with Gasteiger partial charge in [0.2, 0.25) is 0 Å². The van der Waals surface area contributed by atoms with Gasteiger partial charge in [0.1, 0.15) is 0 Å². The van der Waals surface area contributed by atoms with Gasteiger partial charge in [-0.2, -0.15) is 12.1 Å². The van der Waals surface area contributed by atoms with Gasteiger partial charge in [-0.25, -0.2) is 0 Å². The maximum Gasteiger partial charge on any atom is -0.00391 e. The van der Waals surface area contributed by atoms with Gasteiger partial charge < -0.3 is 24.8 Å². The molecule has 10 saturated carbocycles. The van der Waals surface area contributed by atoms with E-state index in [0.717, 1.165) is 47.3 Å². The van der Waals surface area contributed by atoms with Crippen molar-refractivity contribution in [1.29, 1.82) is 0 Å². The average molecular weight is 1170 g/mol. The Kier molecular flexibility index (Phi) is 18.7. The summed E-state index contributed by atoms with van der Waals surface area (Å²) in [5.74, 6) is 7.88. The van der Waals surface area contributed by atoms with E-state index in [1.54, 1.807) is 22.3 Å². The molecule has 0 heterocycles. The molecule has 0 aliphatic heterocycles. The Hall–Kier alpha value is -2.43. The van der Waals surface area contributed by atoms with Crippen molar-refractivity contribution < 1.29 is 61.3 Å². The maximum atomic E-state index is 11.4. The molecule has 0 amide bonds. The average Bonchev–Trinajstić information content (AvgIpc) is 3.83. The second-order valence-corrected chi connectivity index (χ2v) is 35.3. The summed E-state index contributed by atoms with van der Waals surface area (Å²) in [5.41, 5.74) is 12.5. The number of fused-ring (bicyclic) bond motifs is 2. The van der Waals surface area contributed by atoms with Crippen LogP contribution in [0.1, 0.15) is 183 Å². The van der Waals surface area contributed by atoms with Crippen molar-refractivity contribution in [2.24, 2.45) is 47.3 Å². The number of alkyl halides is 3. The molecule has 0 saturated heterocycles.